The second-order valence-electron chi connectivity index (χ2n) is 9.97. The molecule has 4 rings (SSSR count). The molecule has 0 bridgehead atoms. The first-order valence-corrected chi connectivity index (χ1v) is 12.7. The van der Waals surface area contributed by atoms with Crippen molar-refractivity contribution in [1.82, 2.24) is 14.7 Å². The molecule has 1 aromatic carbocycles. The Morgan fingerprint density at radius 1 is 0.968 bits per heavy atom. The molecule has 0 aromatic heterocycles. The molecule has 0 unspecified atom stereocenters. The third-order valence-electron chi connectivity index (χ3n) is 7.63. The average molecular weight is 432 g/mol. The van der Waals surface area contributed by atoms with Crippen molar-refractivity contribution in [2.75, 3.05) is 52.4 Å². The highest BCUT2D eigenvalue weighted by Gasteiger charge is 2.30. The summed E-state index contributed by atoms with van der Waals surface area (Å²) in [5.41, 5.74) is 0.833. The molecule has 0 saturated carbocycles. The van der Waals surface area contributed by atoms with Gasteiger partial charge in [-0.05, 0) is 89.7 Å². The maximum absolute atomic E-state index is 14.0. The van der Waals surface area contributed by atoms with Gasteiger partial charge in [0.15, 0.2) is 0 Å². The van der Waals surface area contributed by atoms with Gasteiger partial charge in [0.25, 0.3) is 0 Å². The number of ether oxygens (including phenoxy) is 1. The van der Waals surface area contributed by atoms with E-state index in [1.807, 2.05) is 12.1 Å². The molecule has 0 spiro atoms. The normalized spacial score (nSPS) is 24.9. The molecule has 3 heterocycles. The summed E-state index contributed by atoms with van der Waals surface area (Å²) in [4.78, 5) is 7.88. The van der Waals surface area contributed by atoms with E-state index in [9.17, 15) is 4.39 Å². The van der Waals surface area contributed by atoms with Gasteiger partial charge in [0.1, 0.15) is 5.82 Å². The van der Waals surface area contributed by atoms with Crippen molar-refractivity contribution in [2.24, 2.45) is 5.92 Å². The van der Waals surface area contributed by atoms with Crippen LogP contribution in [-0.2, 0) is 11.3 Å². The van der Waals surface area contributed by atoms with Crippen molar-refractivity contribution >= 4 is 0 Å². The first kappa shape index (κ1) is 23.2. The van der Waals surface area contributed by atoms with Gasteiger partial charge >= 0.3 is 0 Å². The van der Waals surface area contributed by atoms with Crippen molar-refractivity contribution in [3.8, 4) is 0 Å². The summed E-state index contributed by atoms with van der Waals surface area (Å²) in [5, 5.41) is 0. The molecule has 0 aliphatic carbocycles. The average Bonchev–Trinajstić information content (AvgIpc) is 3.30. The number of rotatable bonds is 9. The van der Waals surface area contributed by atoms with Gasteiger partial charge in [-0.15, -0.1) is 0 Å². The number of halogens is 1. The molecule has 174 valence electrons. The second-order valence-corrected chi connectivity index (χ2v) is 9.97. The minimum absolute atomic E-state index is 0.0678. The van der Waals surface area contributed by atoms with E-state index in [4.69, 9.17) is 4.74 Å². The van der Waals surface area contributed by atoms with Crippen LogP contribution in [0.15, 0.2) is 24.3 Å². The van der Waals surface area contributed by atoms with E-state index in [1.165, 1.54) is 71.1 Å². The molecular weight excluding hydrogens is 389 g/mol. The van der Waals surface area contributed by atoms with Gasteiger partial charge in [0.05, 0.1) is 6.10 Å². The smallest absolute Gasteiger partial charge is 0.127 e. The van der Waals surface area contributed by atoms with Crippen molar-refractivity contribution in [3.05, 3.63) is 35.6 Å². The Hall–Kier alpha value is -1.01. The molecule has 3 fully saturated rings. The van der Waals surface area contributed by atoms with Gasteiger partial charge in [0, 0.05) is 37.8 Å². The standard InChI is InChI=1S/C26H42FN3O/c1-2-13-28-16-11-24(12-17-28)30(21-25-7-5-18-31-25)19-22-9-14-29(15-10-22)20-23-6-3-4-8-26(23)27/h3-4,6,8,22,24-25H,2,5,7,9-21H2,1H3/t25-/m0/s1. The fourth-order valence-electron chi connectivity index (χ4n) is 5.77. The first-order chi connectivity index (χ1) is 15.2. The third kappa shape index (κ3) is 6.74. The molecule has 5 heteroatoms. The summed E-state index contributed by atoms with van der Waals surface area (Å²) >= 11 is 0. The van der Waals surface area contributed by atoms with Crippen LogP contribution in [0.5, 0.6) is 0 Å². The van der Waals surface area contributed by atoms with Gasteiger partial charge in [-0.25, -0.2) is 4.39 Å². The molecule has 3 aliphatic heterocycles. The highest BCUT2D eigenvalue weighted by atomic mass is 19.1. The quantitative estimate of drug-likeness (QED) is 0.577. The zero-order valence-corrected chi connectivity index (χ0v) is 19.5. The highest BCUT2D eigenvalue weighted by Crippen LogP contribution is 2.26. The molecule has 3 saturated heterocycles. The molecule has 3 aliphatic rings. The lowest BCUT2D eigenvalue weighted by Crippen LogP contribution is -2.49. The summed E-state index contributed by atoms with van der Waals surface area (Å²) < 4.78 is 20.0. The minimum Gasteiger partial charge on any atom is -0.377 e. The molecule has 31 heavy (non-hydrogen) atoms. The predicted octanol–water partition coefficient (Wildman–Crippen LogP) is 4.39. The third-order valence-corrected chi connectivity index (χ3v) is 7.63. The second kappa shape index (κ2) is 11.7. The van der Waals surface area contributed by atoms with Gasteiger partial charge in [-0.1, -0.05) is 25.1 Å². The fourth-order valence-corrected chi connectivity index (χ4v) is 5.77. The molecule has 0 N–H and O–H groups in total. The van der Waals surface area contributed by atoms with Gasteiger partial charge in [0.2, 0.25) is 0 Å². The highest BCUT2D eigenvalue weighted by molar-refractivity contribution is 5.17. The Balaban J connectivity index is 1.28. The minimum atomic E-state index is -0.0678. The van der Waals surface area contributed by atoms with Crippen molar-refractivity contribution in [2.45, 2.75) is 70.6 Å². The van der Waals surface area contributed by atoms with Crippen LogP contribution in [0.3, 0.4) is 0 Å². The van der Waals surface area contributed by atoms with E-state index >= 15 is 0 Å². The molecular formula is C26H42FN3O. The zero-order chi connectivity index (χ0) is 21.5. The Morgan fingerprint density at radius 2 is 1.71 bits per heavy atom. The molecule has 0 amide bonds. The SMILES string of the molecule is CCCN1CCC(N(CC2CCN(Cc3ccccc3F)CC2)C[C@@H]2CCCO2)CC1. The van der Waals surface area contributed by atoms with Crippen LogP contribution in [0.25, 0.3) is 0 Å². The maximum Gasteiger partial charge on any atom is 0.127 e. The van der Waals surface area contributed by atoms with E-state index < -0.39 is 0 Å². The topological polar surface area (TPSA) is 19.0 Å². The van der Waals surface area contributed by atoms with Crippen LogP contribution in [0, 0.1) is 11.7 Å². The summed E-state index contributed by atoms with van der Waals surface area (Å²) in [6, 6.07) is 7.95. The van der Waals surface area contributed by atoms with E-state index in [-0.39, 0.29) is 5.82 Å². The number of nitrogens with zero attached hydrogens (tertiary/aromatic N) is 3. The van der Waals surface area contributed by atoms with E-state index in [0.717, 1.165) is 44.3 Å². The predicted molar refractivity (Wildman–Crippen MR) is 125 cm³/mol. The summed E-state index contributed by atoms with van der Waals surface area (Å²) in [6.45, 7) is 12.2. The van der Waals surface area contributed by atoms with Crippen LogP contribution in [0.2, 0.25) is 0 Å². The van der Waals surface area contributed by atoms with Crippen LogP contribution < -0.4 is 0 Å². The van der Waals surface area contributed by atoms with Crippen LogP contribution in [0.4, 0.5) is 4.39 Å². The molecule has 1 atom stereocenters. The van der Waals surface area contributed by atoms with Crippen LogP contribution in [0.1, 0.15) is 57.4 Å². The number of hydrogen-bond acceptors (Lipinski definition) is 4. The van der Waals surface area contributed by atoms with E-state index in [2.05, 4.69) is 21.6 Å². The Morgan fingerprint density at radius 3 is 2.39 bits per heavy atom. The zero-order valence-electron chi connectivity index (χ0n) is 19.5. The number of benzene rings is 1. The number of piperidine rings is 2. The van der Waals surface area contributed by atoms with Crippen LogP contribution >= 0.6 is 0 Å². The maximum atomic E-state index is 14.0. The first-order valence-electron chi connectivity index (χ1n) is 12.7. The van der Waals surface area contributed by atoms with Gasteiger partial charge in [-0.2, -0.15) is 0 Å². The fraction of sp³-hybridized carbons (Fsp3) is 0.769. The van der Waals surface area contributed by atoms with Gasteiger partial charge < -0.3 is 9.64 Å². The van der Waals surface area contributed by atoms with Crippen molar-refractivity contribution in [1.29, 1.82) is 0 Å². The molecule has 4 nitrogen and oxygen atoms in total. The molecule has 0 radical (unpaired) electrons. The Bertz CT molecular complexity index is 650. The summed E-state index contributed by atoms with van der Waals surface area (Å²) in [7, 11) is 0. The Labute approximate surface area is 188 Å². The number of likely N-dealkylation sites (tertiary alicyclic amines) is 2. The largest absolute Gasteiger partial charge is 0.377 e. The Kier molecular flexibility index (Phi) is 8.77. The number of hydrogen-bond donors (Lipinski definition) is 0. The lowest BCUT2D eigenvalue weighted by atomic mass is 9.93. The summed E-state index contributed by atoms with van der Waals surface area (Å²) in [6.07, 6.45) is 9.22. The molecule has 1 aromatic rings. The van der Waals surface area contributed by atoms with E-state index in [1.54, 1.807) is 12.1 Å². The van der Waals surface area contributed by atoms with Gasteiger partial charge in [-0.3, -0.25) is 9.80 Å². The van der Waals surface area contributed by atoms with Crippen molar-refractivity contribution < 1.29 is 9.13 Å². The summed E-state index contributed by atoms with van der Waals surface area (Å²) in [5.74, 6) is 0.689. The monoisotopic (exact) mass is 431 g/mol. The lowest BCUT2D eigenvalue weighted by molar-refractivity contribution is 0.0237. The van der Waals surface area contributed by atoms with Crippen molar-refractivity contribution in [3.63, 3.8) is 0 Å². The van der Waals surface area contributed by atoms with Crippen LogP contribution in [-0.4, -0.2) is 79.3 Å². The van der Waals surface area contributed by atoms with E-state index in [0.29, 0.717) is 12.1 Å². The lowest BCUT2D eigenvalue weighted by Gasteiger charge is -2.42.